The standard InChI is InChI=1S/C4H8N4O2.ClH/c1-2(3(9)10)7-8-4(5)6;/h1H3,(H,9,10)(H4,5,6,8);1H. The molecule has 0 aromatic heterocycles. The number of hydrogen-bond donors (Lipinski definition) is 3. The fraction of sp³-hybridized carbons (Fsp3) is 0.250. The van der Waals surface area contributed by atoms with Gasteiger partial charge >= 0.3 is 5.97 Å². The summed E-state index contributed by atoms with van der Waals surface area (Å²) in [5.41, 5.74) is 9.58. The molecule has 0 aromatic carbocycles. The molecule has 0 saturated carbocycles. The van der Waals surface area contributed by atoms with Crippen LogP contribution in [0.25, 0.3) is 0 Å². The van der Waals surface area contributed by atoms with Crippen LogP contribution in [-0.2, 0) is 4.79 Å². The van der Waals surface area contributed by atoms with E-state index in [0.29, 0.717) is 0 Å². The average Bonchev–Trinajstić information content (AvgIpc) is 1.82. The lowest BCUT2D eigenvalue weighted by atomic mass is 10.4. The van der Waals surface area contributed by atoms with E-state index in [1.807, 2.05) is 0 Å². The van der Waals surface area contributed by atoms with Crippen LogP contribution < -0.4 is 11.5 Å². The van der Waals surface area contributed by atoms with Crippen LogP contribution in [0.4, 0.5) is 0 Å². The van der Waals surface area contributed by atoms with E-state index in [-0.39, 0.29) is 24.1 Å². The van der Waals surface area contributed by atoms with Crippen molar-refractivity contribution in [2.24, 2.45) is 21.7 Å². The van der Waals surface area contributed by atoms with Gasteiger partial charge in [-0.05, 0) is 6.92 Å². The quantitative estimate of drug-likeness (QED) is 0.292. The highest BCUT2D eigenvalue weighted by Gasteiger charge is 1.99. The van der Waals surface area contributed by atoms with Gasteiger partial charge in [0.25, 0.3) is 0 Å². The Morgan fingerprint density at radius 3 is 2.09 bits per heavy atom. The number of aliphatic carboxylic acids is 1. The second-order valence-electron chi connectivity index (χ2n) is 1.52. The molecule has 11 heavy (non-hydrogen) atoms. The van der Waals surface area contributed by atoms with Crippen LogP contribution >= 0.6 is 12.4 Å². The monoisotopic (exact) mass is 180 g/mol. The molecular weight excluding hydrogens is 172 g/mol. The van der Waals surface area contributed by atoms with Gasteiger partial charge in [-0.25, -0.2) is 4.79 Å². The Hall–Kier alpha value is -1.30. The molecule has 0 aliphatic heterocycles. The predicted octanol–water partition coefficient (Wildman–Crippen LogP) is -0.858. The summed E-state index contributed by atoms with van der Waals surface area (Å²) in [6.45, 7) is 1.29. The zero-order valence-corrected chi connectivity index (χ0v) is 6.63. The maximum Gasteiger partial charge on any atom is 0.351 e. The summed E-state index contributed by atoms with van der Waals surface area (Å²) in [5, 5.41) is 14.5. The summed E-state index contributed by atoms with van der Waals surface area (Å²) in [6, 6.07) is 0. The number of nitrogens with two attached hydrogens (primary N) is 2. The van der Waals surface area contributed by atoms with Crippen molar-refractivity contribution in [2.45, 2.75) is 6.92 Å². The zero-order valence-electron chi connectivity index (χ0n) is 5.81. The number of carboxylic acid groups (broad SMARTS) is 1. The van der Waals surface area contributed by atoms with Crippen LogP contribution in [-0.4, -0.2) is 22.7 Å². The molecule has 0 amide bonds. The van der Waals surface area contributed by atoms with E-state index >= 15 is 0 Å². The minimum atomic E-state index is -1.15. The summed E-state index contributed by atoms with van der Waals surface area (Å²) in [4.78, 5) is 10.0. The van der Waals surface area contributed by atoms with Gasteiger partial charge in [0, 0.05) is 0 Å². The molecular formula is C4H9ClN4O2. The number of carbonyl (C=O) groups is 1. The van der Waals surface area contributed by atoms with Crippen LogP contribution in [0.15, 0.2) is 10.2 Å². The van der Waals surface area contributed by atoms with Crippen molar-refractivity contribution in [3.8, 4) is 0 Å². The number of halogens is 1. The molecule has 0 fully saturated rings. The van der Waals surface area contributed by atoms with Crippen molar-refractivity contribution in [1.29, 1.82) is 0 Å². The molecule has 0 rings (SSSR count). The molecule has 0 radical (unpaired) electrons. The Labute approximate surface area is 69.4 Å². The fourth-order valence-corrected chi connectivity index (χ4v) is 0.176. The third-order valence-corrected chi connectivity index (χ3v) is 0.625. The normalized spacial score (nSPS) is 9.73. The highest BCUT2D eigenvalue weighted by molar-refractivity contribution is 6.34. The Kier molecular flexibility index (Phi) is 6.17. The Balaban J connectivity index is 0. The highest BCUT2D eigenvalue weighted by atomic mass is 35.5. The van der Waals surface area contributed by atoms with Crippen molar-refractivity contribution < 1.29 is 9.90 Å². The fourth-order valence-electron chi connectivity index (χ4n) is 0.176. The van der Waals surface area contributed by atoms with Gasteiger partial charge in [-0.1, -0.05) is 0 Å². The topological polar surface area (TPSA) is 114 Å². The second-order valence-corrected chi connectivity index (χ2v) is 1.52. The average molecular weight is 181 g/mol. The van der Waals surface area contributed by atoms with E-state index in [0.717, 1.165) is 0 Å². The minimum Gasteiger partial charge on any atom is -0.477 e. The van der Waals surface area contributed by atoms with E-state index in [4.69, 9.17) is 16.6 Å². The molecule has 64 valence electrons. The van der Waals surface area contributed by atoms with Crippen molar-refractivity contribution in [3.05, 3.63) is 0 Å². The van der Waals surface area contributed by atoms with Crippen molar-refractivity contribution >= 4 is 30.0 Å². The highest BCUT2D eigenvalue weighted by Crippen LogP contribution is 1.77. The van der Waals surface area contributed by atoms with Crippen LogP contribution in [0.1, 0.15) is 6.92 Å². The third kappa shape index (κ3) is 6.59. The largest absolute Gasteiger partial charge is 0.477 e. The smallest absolute Gasteiger partial charge is 0.351 e. The van der Waals surface area contributed by atoms with E-state index in [2.05, 4.69) is 10.2 Å². The SMILES string of the molecule is CC(=NN=C(N)N)C(=O)O.Cl. The van der Waals surface area contributed by atoms with E-state index in [1.54, 1.807) is 0 Å². The first-order chi connectivity index (χ1) is 4.54. The summed E-state index contributed by atoms with van der Waals surface area (Å²) in [7, 11) is 0. The molecule has 0 unspecified atom stereocenters. The van der Waals surface area contributed by atoms with Gasteiger partial charge < -0.3 is 16.6 Å². The molecule has 0 spiro atoms. The maximum absolute atomic E-state index is 10.0. The lowest BCUT2D eigenvalue weighted by Gasteiger charge is -1.86. The lowest BCUT2D eigenvalue weighted by molar-refractivity contribution is -0.129. The van der Waals surface area contributed by atoms with E-state index < -0.39 is 5.97 Å². The van der Waals surface area contributed by atoms with Crippen LogP contribution in [0, 0.1) is 0 Å². The third-order valence-electron chi connectivity index (χ3n) is 0.625. The first-order valence-electron chi connectivity index (χ1n) is 2.40. The number of nitrogens with zero attached hydrogens (tertiary/aromatic N) is 2. The van der Waals surface area contributed by atoms with Gasteiger partial charge in [0.15, 0.2) is 0 Å². The van der Waals surface area contributed by atoms with E-state index in [9.17, 15) is 4.79 Å². The van der Waals surface area contributed by atoms with Gasteiger partial charge in [-0.2, -0.15) is 0 Å². The molecule has 0 atom stereocenters. The molecule has 0 aromatic rings. The van der Waals surface area contributed by atoms with E-state index in [1.165, 1.54) is 6.92 Å². The number of rotatable bonds is 2. The zero-order chi connectivity index (χ0) is 8.15. The predicted molar refractivity (Wildman–Crippen MR) is 43.8 cm³/mol. The Morgan fingerprint density at radius 2 is 1.82 bits per heavy atom. The molecule has 0 bridgehead atoms. The van der Waals surface area contributed by atoms with Crippen molar-refractivity contribution in [3.63, 3.8) is 0 Å². The van der Waals surface area contributed by atoms with Crippen LogP contribution in [0.2, 0.25) is 0 Å². The lowest BCUT2D eigenvalue weighted by Crippen LogP contribution is -2.22. The molecule has 0 heterocycles. The number of carboxylic acids is 1. The van der Waals surface area contributed by atoms with Gasteiger partial charge in [0.1, 0.15) is 5.71 Å². The number of hydrogen-bond acceptors (Lipinski definition) is 3. The molecule has 7 heteroatoms. The van der Waals surface area contributed by atoms with Gasteiger partial charge in [-0.15, -0.1) is 22.6 Å². The molecule has 0 saturated heterocycles. The molecule has 6 nitrogen and oxygen atoms in total. The van der Waals surface area contributed by atoms with Crippen molar-refractivity contribution in [2.75, 3.05) is 0 Å². The summed E-state index contributed by atoms with van der Waals surface area (Å²) >= 11 is 0. The second kappa shape index (κ2) is 5.48. The van der Waals surface area contributed by atoms with Gasteiger partial charge in [0.2, 0.25) is 5.96 Å². The Morgan fingerprint density at radius 1 is 1.36 bits per heavy atom. The molecule has 0 aliphatic carbocycles. The van der Waals surface area contributed by atoms with Crippen molar-refractivity contribution in [1.82, 2.24) is 0 Å². The minimum absolute atomic E-state index is 0. The Bertz CT molecular complexity index is 196. The van der Waals surface area contributed by atoms with Gasteiger partial charge in [0.05, 0.1) is 0 Å². The van der Waals surface area contributed by atoms with Crippen LogP contribution in [0.5, 0.6) is 0 Å². The summed E-state index contributed by atoms with van der Waals surface area (Å²) in [5.74, 6) is -1.41. The molecule has 5 N–H and O–H groups in total. The number of guanidine groups is 1. The first-order valence-corrected chi connectivity index (χ1v) is 2.40. The maximum atomic E-state index is 10.0. The summed E-state index contributed by atoms with van der Waals surface area (Å²) < 4.78 is 0. The van der Waals surface area contributed by atoms with Gasteiger partial charge in [-0.3, -0.25) is 0 Å². The molecule has 0 aliphatic rings. The van der Waals surface area contributed by atoms with Crippen LogP contribution in [0.3, 0.4) is 0 Å². The first kappa shape index (κ1) is 12.4. The summed E-state index contributed by atoms with van der Waals surface area (Å²) in [6.07, 6.45) is 0.